The van der Waals surface area contributed by atoms with Crippen molar-refractivity contribution >= 4 is 10.9 Å². The van der Waals surface area contributed by atoms with E-state index in [-0.39, 0.29) is 0 Å². The van der Waals surface area contributed by atoms with Crippen molar-refractivity contribution in [1.82, 2.24) is 9.47 Å². The molecule has 2 atom stereocenters. The predicted molar refractivity (Wildman–Crippen MR) is 99.4 cm³/mol. The molecule has 1 aromatic heterocycles. The van der Waals surface area contributed by atoms with Crippen molar-refractivity contribution in [3.8, 4) is 0 Å². The number of rotatable bonds is 3. The fourth-order valence-corrected chi connectivity index (χ4v) is 5.09. The van der Waals surface area contributed by atoms with E-state index in [4.69, 9.17) is 4.74 Å². The van der Waals surface area contributed by atoms with Crippen LogP contribution in [0.3, 0.4) is 0 Å². The molecule has 3 heteroatoms. The predicted octanol–water partition coefficient (Wildman–Crippen LogP) is 4.23. The molecule has 1 aromatic carbocycles. The first kappa shape index (κ1) is 16.2. The molecule has 4 rings (SSSR count). The molecule has 2 bridgehead atoms. The zero-order valence-electron chi connectivity index (χ0n) is 15.2. The van der Waals surface area contributed by atoms with E-state index in [1.807, 2.05) is 7.11 Å². The van der Waals surface area contributed by atoms with E-state index in [2.05, 4.69) is 40.7 Å². The van der Waals surface area contributed by atoms with Crippen molar-refractivity contribution in [3.05, 3.63) is 35.5 Å². The van der Waals surface area contributed by atoms with Crippen molar-refractivity contribution in [2.24, 2.45) is 5.41 Å². The van der Waals surface area contributed by atoms with Gasteiger partial charge in [0.15, 0.2) is 0 Å². The number of piperidine rings is 1. The van der Waals surface area contributed by atoms with E-state index in [1.165, 1.54) is 74.8 Å². The lowest BCUT2D eigenvalue weighted by molar-refractivity contribution is 0.0782. The van der Waals surface area contributed by atoms with Crippen molar-refractivity contribution in [2.45, 2.75) is 52.2 Å². The Morgan fingerprint density at radius 3 is 2.83 bits per heavy atom. The lowest BCUT2D eigenvalue weighted by Gasteiger charge is -2.42. The number of nitrogens with zero attached hydrogens (tertiary/aromatic N) is 2. The smallest absolute Gasteiger partial charge is 0.122 e. The average molecular weight is 326 g/mol. The van der Waals surface area contributed by atoms with Gasteiger partial charge in [-0.25, -0.2) is 0 Å². The summed E-state index contributed by atoms with van der Waals surface area (Å²) in [6.07, 6.45) is 7.76. The van der Waals surface area contributed by atoms with Gasteiger partial charge in [0.1, 0.15) is 6.73 Å². The standard InChI is InChI=1S/C21H30N2O/c1-3-21-11-6-13-22(15-21)14-10-18-17-7-4-5-8-19(17)23(16-24-2)20(18)9-12-21/h4-5,7-8H,3,6,9-16H2,1-2H3/t21-/m1/s1. The van der Waals surface area contributed by atoms with Crippen LogP contribution < -0.4 is 0 Å². The van der Waals surface area contributed by atoms with Crippen LogP contribution in [0, 0.1) is 5.41 Å². The van der Waals surface area contributed by atoms with Gasteiger partial charge < -0.3 is 14.2 Å². The highest BCUT2D eigenvalue weighted by Crippen LogP contribution is 2.40. The zero-order chi connectivity index (χ0) is 16.6. The molecular weight excluding hydrogens is 296 g/mol. The van der Waals surface area contributed by atoms with Gasteiger partial charge in [0.2, 0.25) is 0 Å². The first-order chi connectivity index (χ1) is 11.8. The molecule has 130 valence electrons. The van der Waals surface area contributed by atoms with Gasteiger partial charge in [-0.2, -0.15) is 0 Å². The number of ether oxygens (including phenoxy) is 1. The van der Waals surface area contributed by atoms with Gasteiger partial charge in [0, 0.05) is 31.3 Å². The number of benzene rings is 1. The molecule has 24 heavy (non-hydrogen) atoms. The summed E-state index contributed by atoms with van der Waals surface area (Å²) in [5, 5.41) is 1.44. The van der Waals surface area contributed by atoms with Crippen LogP contribution in [0.25, 0.3) is 10.9 Å². The maximum absolute atomic E-state index is 5.55. The second kappa shape index (κ2) is 6.53. The first-order valence-electron chi connectivity index (χ1n) is 9.56. The highest BCUT2D eigenvalue weighted by Gasteiger charge is 2.35. The largest absolute Gasteiger partial charge is 0.364 e. The Bertz CT molecular complexity index is 720. The highest BCUT2D eigenvalue weighted by atomic mass is 16.5. The van der Waals surface area contributed by atoms with Crippen LogP contribution >= 0.6 is 0 Å². The van der Waals surface area contributed by atoms with Crippen molar-refractivity contribution < 1.29 is 4.74 Å². The Morgan fingerprint density at radius 1 is 1.12 bits per heavy atom. The van der Waals surface area contributed by atoms with Crippen LogP contribution in [-0.4, -0.2) is 36.2 Å². The molecule has 1 unspecified atom stereocenters. The maximum atomic E-state index is 5.55. The van der Waals surface area contributed by atoms with Crippen LogP contribution in [-0.2, 0) is 24.3 Å². The van der Waals surface area contributed by atoms with Gasteiger partial charge in [-0.05, 0) is 62.1 Å². The molecule has 0 saturated carbocycles. The monoisotopic (exact) mass is 326 g/mol. The van der Waals surface area contributed by atoms with E-state index >= 15 is 0 Å². The number of methoxy groups -OCH3 is 1. The minimum atomic E-state index is 0.522. The summed E-state index contributed by atoms with van der Waals surface area (Å²) >= 11 is 0. The van der Waals surface area contributed by atoms with E-state index in [0.29, 0.717) is 12.1 Å². The Hall–Kier alpha value is -1.32. The lowest BCUT2D eigenvalue weighted by Crippen LogP contribution is -2.43. The third-order valence-corrected chi connectivity index (χ3v) is 6.51. The van der Waals surface area contributed by atoms with E-state index in [1.54, 1.807) is 5.56 Å². The Morgan fingerprint density at radius 2 is 2.00 bits per heavy atom. The summed E-state index contributed by atoms with van der Waals surface area (Å²) in [6.45, 7) is 6.85. The van der Waals surface area contributed by atoms with Crippen LogP contribution in [0.2, 0.25) is 0 Å². The first-order valence-corrected chi connectivity index (χ1v) is 9.56. The average Bonchev–Trinajstić information content (AvgIpc) is 2.93. The van der Waals surface area contributed by atoms with Crippen LogP contribution in [0.5, 0.6) is 0 Å². The molecule has 1 saturated heterocycles. The SMILES string of the molecule is CC[C@@]12CCCN(CCc3c(n(COC)c4ccccc34)CC1)C2. The normalized spacial score (nSPS) is 27.3. The van der Waals surface area contributed by atoms with Gasteiger partial charge in [0.25, 0.3) is 0 Å². The number of hydrogen-bond donors (Lipinski definition) is 0. The molecule has 3 heterocycles. The molecule has 0 N–H and O–H groups in total. The van der Waals surface area contributed by atoms with E-state index in [9.17, 15) is 0 Å². The van der Waals surface area contributed by atoms with Gasteiger partial charge in [-0.3, -0.25) is 0 Å². The molecule has 1 fully saturated rings. The summed E-state index contributed by atoms with van der Waals surface area (Å²) < 4.78 is 7.98. The van der Waals surface area contributed by atoms with Gasteiger partial charge >= 0.3 is 0 Å². The minimum Gasteiger partial charge on any atom is -0.364 e. The molecule has 2 aromatic rings. The van der Waals surface area contributed by atoms with Crippen LogP contribution in [0.4, 0.5) is 0 Å². The topological polar surface area (TPSA) is 17.4 Å². The molecule has 0 amide bonds. The molecule has 0 radical (unpaired) electrons. The second-order valence-corrected chi connectivity index (χ2v) is 7.77. The third kappa shape index (κ3) is 2.68. The van der Waals surface area contributed by atoms with E-state index in [0.717, 1.165) is 0 Å². The number of fused-ring (bicyclic) bond motifs is 5. The molecule has 0 aliphatic carbocycles. The fraction of sp³-hybridized carbons (Fsp3) is 0.619. The van der Waals surface area contributed by atoms with Gasteiger partial charge in [-0.1, -0.05) is 25.1 Å². The summed E-state index contributed by atoms with van der Waals surface area (Å²) in [5.41, 5.74) is 4.96. The van der Waals surface area contributed by atoms with Gasteiger partial charge in [0.05, 0.1) is 5.52 Å². The second-order valence-electron chi connectivity index (χ2n) is 7.77. The van der Waals surface area contributed by atoms with Crippen LogP contribution in [0.15, 0.2) is 24.3 Å². The Balaban J connectivity index is 1.81. The molecule has 0 spiro atoms. The molecular formula is C21H30N2O. The number of hydrogen-bond acceptors (Lipinski definition) is 2. The molecule has 2 aliphatic rings. The zero-order valence-corrected chi connectivity index (χ0v) is 15.2. The van der Waals surface area contributed by atoms with Crippen LogP contribution in [0.1, 0.15) is 43.9 Å². The molecule has 2 aliphatic heterocycles. The lowest BCUT2D eigenvalue weighted by atomic mass is 9.74. The van der Waals surface area contributed by atoms with Crippen molar-refractivity contribution in [1.29, 1.82) is 0 Å². The summed E-state index contributed by atoms with van der Waals surface area (Å²) in [5.74, 6) is 0. The maximum Gasteiger partial charge on any atom is 0.122 e. The number of para-hydroxylation sites is 1. The summed E-state index contributed by atoms with van der Waals surface area (Å²) in [7, 11) is 1.81. The Labute approximate surface area is 145 Å². The van der Waals surface area contributed by atoms with E-state index < -0.39 is 0 Å². The van der Waals surface area contributed by atoms with Crippen molar-refractivity contribution in [2.75, 3.05) is 26.7 Å². The third-order valence-electron chi connectivity index (χ3n) is 6.51. The fourth-order valence-electron chi connectivity index (χ4n) is 5.09. The summed E-state index contributed by atoms with van der Waals surface area (Å²) in [6, 6.07) is 8.89. The summed E-state index contributed by atoms with van der Waals surface area (Å²) in [4.78, 5) is 2.73. The van der Waals surface area contributed by atoms with Crippen molar-refractivity contribution in [3.63, 3.8) is 0 Å². The minimum absolute atomic E-state index is 0.522. The number of aromatic nitrogens is 1. The molecule has 3 nitrogen and oxygen atoms in total. The highest BCUT2D eigenvalue weighted by molar-refractivity contribution is 5.85. The van der Waals surface area contributed by atoms with Gasteiger partial charge in [-0.15, -0.1) is 0 Å². The Kier molecular flexibility index (Phi) is 4.40. The quantitative estimate of drug-likeness (QED) is 0.840.